The highest BCUT2D eigenvalue weighted by Crippen LogP contribution is 2.37. The van der Waals surface area contributed by atoms with Crippen LogP contribution in [0.1, 0.15) is 45.5 Å². The van der Waals surface area contributed by atoms with Crippen molar-refractivity contribution in [3.8, 4) is 5.88 Å². The van der Waals surface area contributed by atoms with E-state index in [1.165, 1.54) is 37.2 Å². The van der Waals surface area contributed by atoms with Crippen LogP contribution in [-0.2, 0) is 26.3 Å². The summed E-state index contributed by atoms with van der Waals surface area (Å²) in [4.78, 5) is 25.5. The van der Waals surface area contributed by atoms with Gasteiger partial charge in [-0.05, 0) is 25.0 Å². The Hall–Kier alpha value is -2.43. The van der Waals surface area contributed by atoms with Crippen molar-refractivity contribution < 1.29 is 28.0 Å². The standard InChI is InChI=1S/C20H24ClN3O6S/c1-24-19(30-12-28-2)15(11-22-24)18(25)13-7-8-14(20(26)29-3)17(16(13)21)23-31(27)9-5-4-6-10-31/h7-8,11H,4-6,9-10,12H2,1-3H3. The third kappa shape index (κ3) is 4.91. The van der Waals surface area contributed by atoms with E-state index in [1.807, 2.05) is 0 Å². The summed E-state index contributed by atoms with van der Waals surface area (Å²) < 4.78 is 34.2. The van der Waals surface area contributed by atoms with Gasteiger partial charge in [-0.1, -0.05) is 18.0 Å². The van der Waals surface area contributed by atoms with Crippen LogP contribution >= 0.6 is 11.6 Å². The summed E-state index contributed by atoms with van der Waals surface area (Å²) in [5.74, 6) is -0.115. The fraction of sp³-hybridized carbons (Fsp3) is 0.450. The molecule has 1 aliphatic heterocycles. The molecule has 0 aliphatic carbocycles. The van der Waals surface area contributed by atoms with Crippen LogP contribution in [-0.4, -0.2) is 58.3 Å². The number of hydrogen-bond acceptors (Lipinski definition) is 8. The van der Waals surface area contributed by atoms with Crippen molar-refractivity contribution >= 4 is 38.8 Å². The average Bonchev–Trinajstić information content (AvgIpc) is 3.13. The van der Waals surface area contributed by atoms with Gasteiger partial charge in [0, 0.05) is 31.2 Å². The molecule has 168 valence electrons. The summed E-state index contributed by atoms with van der Waals surface area (Å²) in [5, 5.41) is 3.99. The van der Waals surface area contributed by atoms with E-state index in [1.54, 1.807) is 7.05 Å². The summed E-state index contributed by atoms with van der Waals surface area (Å²) in [7, 11) is 1.72. The number of aromatic nitrogens is 2. The van der Waals surface area contributed by atoms with Crippen LogP contribution in [0, 0.1) is 0 Å². The first-order valence-electron chi connectivity index (χ1n) is 9.63. The number of benzene rings is 1. The van der Waals surface area contributed by atoms with Gasteiger partial charge in [-0.2, -0.15) is 9.46 Å². The maximum atomic E-state index is 13.3. The van der Waals surface area contributed by atoms with Gasteiger partial charge in [-0.15, -0.1) is 0 Å². The molecule has 1 fully saturated rings. The van der Waals surface area contributed by atoms with Crippen LogP contribution in [0.15, 0.2) is 22.7 Å². The zero-order chi connectivity index (χ0) is 22.6. The van der Waals surface area contributed by atoms with Crippen LogP contribution in [0.2, 0.25) is 5.02 Å². The van der Waals surface area contributed by atoms with E-state index < -0.39 is 21.5 Å². The molecule has 1 aliphatic rings. The molecule has 0 radical (unpaired) electrons. The number of esters is 1. The number of rotatable bonds is 7. The molecule has 2 heterocycles. The van der Waals surface area contributed by atoms with Gasteiger partial charge < -0.3 is 14.2 Å². The molecule has 31 heavy (non-hydrogen) atoms. The lowest BCUT2D eigenvalue weighted by Gasteiger charge is -2.17. The summed E-state index contributed by atoms with van der Waals surface area (Å²) in [6, 6.07) is 2.82. The number of nitrogens with zero attached hydrogens (tertiary/aromatic N) is 3. The normalized spacial score (nSPS) is 15.4. The minimum atomic E-state index is -2.59. The van der Waals surface area contributed by atoms with E-state index in [-0.39, 0.29) is 40.1 Å². The van der Waals surface area contributed by atoms with Gasteiger partial charge in [-0.3, -0.25) is 4.79 Å². The smallest absolute Gasteiger partial charge is 0.340 e. The molecular weight excluding hydrogens is 446 g/mol. The zero-order valence-electron chi connectivity index (χ0n) is 17.6. The molecule has 0 atom stereocenters. The van der Waals surface area contributed by atoms with Crippen LogP contribution in [0.3, 0.4) is 0 Å². The first-order valence-corrected chi connectivity index (χ1v) is 11.9. The number of aryl methyl sites for hydroxylation is 1. The number of halogens is 1. The lowest BCUT2D eigenvalue weighted by atomic mass is 10.0. The van der Waals surface area contributed by atoms with Gasteiger partial charge >= 0.3 is 5.97 Å². The molecule has 2 aromatic rings. The molecule has 0 bridgehead atoms. The van der Waals surface area contributed by atoms with Crippen molar-refractivity contribution in [2.24, 2.45) is 11.4 Å². The van der Waals surface area contributed by atoms with Crippen LogP contribution in [0.25, 0.3) is 0 Å². The Labute approximate surface area is 185 Å². The maximum absolute atomic E-state index is 13.3. The Bertz CT molecular complexity index is 1110. The third-order valence-electron chi connectivity index (χ3n) is 4.89. The summed E-state index contributed by atoms with van der Waals surface area (Å²) >= 11 is 6.56. The highest BCUT2D eigenvalue weighted by molar-refractivity contribution is 7.93. The van der Waals surface area contributed by atoms with E-state index in [0.717, 1.165) is 19.3 Å². The Morgan fingerprint density at radius 1 is 1.16 bits per heavy atom. The Kier molecular flexibility index (Phi) is 7.34. The number of carbonyl (C=O) groups is 2. The molecule has 0 unspecified atom stereocenters. The minimum Gasteiger partial charge on any atom is -0.465 e. The Morgan fingerprint density at radius 3 is 2.48 bits per heavy atom. The largest absolute Gasteiger partial charge is 0.465 e. The van der Waals surface area contributed by atoms with Crippen molar-refractivity contribution in [3.63, 3.8) is 0 Å². The molecule has 0 saturated carbocycles. The maximum Gasteiger partial charge on any atom is 0.340 e. The molecule has 0 amide bonds. The molecule has 1 aromatic heterocycles. The van der Waals surface area contributed by atoms with Crippen LogP contribution < -0.4 is 4.74 Å². The van der Waals surface area contributed by atoms with Crippen molar-refractivity contribution in [3.05, 3.63) is 40.0 Å². The molecule has 11 heteroatoms. The van der Waals surface area contributed by atoms with E-state index in [0.29, 0.717) is 11.5 Å². The monoisotopic (exact) mass is 469 g/mol. The zero-order valence-corrected chi connectivity index (χ0v) is 19.1. The number of carbonyl (C=O) groups excluding carboxylic acids is 2. The van der Waals surface area contributed by atoms with Crippen molar-refractivity contribution in [2.45, 2.75) is 19.3 Å². The predicted molar refractivity (Wildman–Crippen MR) is 116 cm³/mol. The molecule has 9 nitrogen and oxygen atoms in total. The van der Waals surface area contributed by atoms with Gasteiger partial charge in [0.25, 0.3) is 0 Å². The Balaban J connectivity index is 2.13. The molecular formula is C20H24ClN3O6S. The van der Waals surface area contributed by atoms with E-state index in [2.05, 4.69) is 9.46 Å². The average molecular weight is 470 g/mol. The minimum absolute atomic E-state index is 0.00881. The van der Waals surface area contributed by atoms with Gasteiger partial charge in [0.05, 0.1) is 33.6 Å². The molecule has 3 rings (SSSR count). The van der Waals surface area contributed by atoms with E-state index >= 15 is 0 Å². The fourth-order valence-electron chi connectivity index (χ4n) is 3.31. The summed E-state index contributed by atoms with van der Waals surface area (Å²) in [6.07, 6.45) is 3.90. The predicted octanol–water partition coefficient (Wildman–Crippen LogP) is 3.36. The molecule has 0 spiro atoms. The van der Waals surface area contributed by atoms with Crippen molar-refractivity contribution in [2.75, 3.05) is 32.5 Å². The second-order valence-electron chi connectivity index (χ2n) is 7.01. The van der Waals surface area contributed by atoms with E-state index in [4.69, 9.17) is 25.8 Å². The number of ether oxygens (including phenoxy) is 3. The molecule has 1 saturated heterocycles. The van der Waals surface area contributed by atoms with Gasteiger partial charge in [0.2, 0.25) is 11.7 Å². The highest BCUT2D eigenvalue weighted by Gasteiger charge is 2.27. The summed E-state index contributed by atoms with van der Waals surface area (Å²) in [6.45, 7) is -0.0720. The third-order valence-corrected chi connectivity index (χ3v) is 7.64. The first-order chi connectivity index (χ1) is 14.8. The van der Waals surface area contributed by atoms with E-state index in [9.17, 15) is 13.8 Å². The second kappa shape index (κ2) is 9.80. The first kappa shape index (κ1) is 23.2. The lowest BCUT2D eigenvalue weighted by Crippen LogP contribution is -2.16. The quantitative estimate of drug-likeness (QED) is 0.347. The molecule has 1 aromatic carbocycles. The van der Waals surface area contributed by atoms with Gasteiger partial charge in [0.1, 0.15) is 11.3 Å². The summed E-state index contributed by atoms with van der Waals surface area (Å²) in [5.41, 5.74) is 0.316. The fourth-order valence-corrected chi connectivity index (χ4v) is 5.87. The second-order valence-corrected chi connectivity index (χ2v) is 9.94. The highest BCUT2D eigenvalue weighted by atomic mass is 35.5. The van der Waals surface area contributed by atoms with Crippen LogP contribution in [0.4, 0.5) is 5.69 Å². The van der Waals surface area contributed by atoms with Gasteiger partial charge in [0.15, 0.2) is 6.79 Å². The number of methoxy groups -OCH3 is 2. The lowest BCUT2D eigenvalue weighted by molar-refractivity contribution is 0.0441. The SMILES string of the molecule is COCOc1c(C(=O)c2ccc(C(=O)OC)c(N=S3(=O)CCCCC3)c2Cl)cnn1C. The number of ketones is 1. The number of hydrogen-bond donors (Lipinski definition) is 0. The Morgan fingerprint density at radius 2 is 1.84 bits per heavy atom. The van der Waals surface area contributed by atoms with Gasteiger partial charge in [-0.25, -0.2) is 13.7 Å². The van der Waals surface area contributed by atoms with Crippen molar-refractivity contribution in [1.82, 2.24) is 9.78 Å². The molecule has 0 N–H and O–H groups in total. The topological polar surface area (TPSA) is 109 Å². The van der Waals surface area contributed by atoms with Crippen molar-refractivity contribution in [1.29, 1.82) is 0 Å². The van der Waals surface area contributed by atoms with Crippen LogP contribution in [0.5, 0.6) is 5.88 Å².